The number of likely N-dealkylation sites (tertiary alicyclic amines) is 1. The number of aromatic nitrogens is 2. The van der Waals surface area contributed by atoms with Gasteiger partial charge in [-0.05, 0) is 25.0 Å². The van der Waals surface area contributed by atoms with Crippen LogP contribution in [-0.2, 0) is 0 Å². The molecule has 122 valence electrons. The molecule has 1 aliphatic rings. The number of rotatable bonds is 3. The average molecular weight is 321 g/mol. The molecule has 1 saturated heterocycles. The number of benzene rings is 1. The molecule has 1 aromatic carbocycles. The molecule has 3 aromatic rings. The largest absolute Gasteiger partial charge is 0.472 e. The van der Waals surface area contributed by atoms with Crippen molar-refractivity contribution in [1.29, 1.82) is 0 Å². The molecule has 5 nitrogen and oxygen atoms in total. The zero-order valence-electron chi connectivity index (χ0n) is 13.3. The Bertz CT molecular complexity index is 800. The topological polar surface area (TPSA) is 62.1 Å². The zero-order valence-corrected chi connectivity index (χ0v) is 13.3. The number of piperidine rings is 1. The quantitative estimate of drug-likeness (QED) is 0.800. The van der Waals surface area contributed by atoms with Gasteiger partial charge in [0.05, 0.1) is 17.5 Å². The number of furan rings is 1. The van der Waals surface area contributed by atoms with Crippen LogP contribution in [0.25, 0.3) is 11.3 Å². The van der Waals surface area contributed by atoms with Crippen molar-refractivity contribution in [2.75, 3.05) is 13.1 Å². The van der Waals surface area contributed by atoms with Crippen LogP contribution in [0.3, 0.4) is 0 Å². The molecule has 4 rings (SSSR count). The SMILES string of the molecule is O=C(c1ccoc1)N1CCC(c2cc(-c3ccccc3)n[nH]2)CC1. The zero-order chi connectivity index (χ0) is 16.4. The molecule has 0 saturated carbocycles. The molecule has 0 aliphatic carbocycles. The van der Waals surface area contributed by atoms with Gasteiger partial charge in [0.15, 0.2) is 0 Å². The Hall–Kier alpha value is -2.82. The second-order valence-electron chi connectivity index (χ2n) is 6.15. The van der Waals surface area contributed by atoms with Gasteiger partial charge in [-0.1, -0.05) is 30.3 Å². The van der Waals surface area contributed by atoms with E-state index in [1.54, 1.807) is 6.07 Å². The summed E-state index contributed by atoms with van der Waals surface area (Å²) < 4.78 is 5.00. The third-order valence-corrected chi connectivity index (χ3v) is 4.66. The predicted molar refractivity (Wildman–Crippen MR) is 90.6 cm³/mol. The monoisotopic (exact) mass is 321 g/mol. The van der Waals surface area contributed by atoms with E-state index in [2.05, 4.69) is 28.4 Å². The molecule has 3 heterocycles. The van der Waals surface area contributed by atoms with Crippen LogP contribution >= 0.6 is 0 Å². The van der Waals surface area contributed by atoms with Crippen LogP contribution in [0.15, 0.2) is 59.4 Å². The van der Waals surface area contributed by atoms with Crippen LogP contribution in [0, 0.1) is 0 Å². The average Bonchev–Trinajstić information content (AvgIpc) is 3.34. The Morgan fingerprint density at radius 1 is 1.17 bits per heavy atom. The summed E-state index contributed by atoms with van der Waals surface area (Å²) in [5, 5.41) is 7.62. The first-order valence-corrected chi connectivity index (χ1v) is 8.23. The molecule has 5 heteroatoms. The summed E-state index contributed by atoms with van der Waals surface area (Å²) in [5.41, 5.74) is 3.88. The highest BCUT2D eigenvalue weighted by Gasteiger charge is 2.26. The lowest BCUT2D eigenvalue weighted by Crippen LogP contribution is -2.37. The van der Waals surface area contributed by atoms with Crippen molar-refractivity contribution in [2.45, 2.75) is 18.8 Å². The van der Waals surface area contributed by atoms with Crippen LogP contribution in [0.1, 0.15) is 34.8 Å². The highest BCUT2D eigenvalue weighted by molar-refractivity contribution is 5.93. The highest BCUT2D eigenvalue weighted by atomic mass is 16.3. The Labute approximate surface area is 140 Å². The lowest BCUT2D eigenvalue weighted by Gasteiger charge is -2.31. The first-order valence-electron chi connectivity index (χ1n) is 8.23. The van der Waals surface area contributed by atoms with Gasteiger partial charge in [-0.15, -0.1) is 0 Å². The third kappa shape index (κ3) is 2.85. The van der Waals surface area contributed by atoms with Crippen LogP contribution in [0.5, 0.6) is 0 Å². The predicted octanol–water partition coefficient (Wildman–Crippen LogP) is 3.69. The second kappa shape index (κ2) is 6.35. The minimum atomic E-state index is 0.0526. The fourth-order valence-electron chi connectivity index (χ4n) is 3.26. The molecular formula is C19H19N3O2. The van der Waals surface area contributed by atoms with Gasteiger partial charge in [0.25, 0.3) is 5.91 Å². The molecule has 1 amide bonds. The van der Waals surface area contributed by atoms with E-state index in [0.29, 0.717) is 11.5 Å². The number of nitrogens with one attached hydrogen (secondary N) is 1. The maximum Gasteiger partial charge on any atom is 0.257 e. The van der Waals surface area contributed by atoms with Crippen LogP contribution in [-0.4, -0.2) is 34.1 Å². The van der Waals surface area contributed by atoms with E-state index < -0.39 is 0 Å². The molecule has 0 unspecified atom stereocenters. The number of aromatic amines is 1. The van der Waals surface area contributed by atoms with E-state index in [1.807, 2.05) is 23.1 Å². The van der Waals surface area contributed by atoms with Crippen molar-refractivity contribution >= 4 is 5.91 Å². The molecule has 2 aromatic heterocycles. The van der Waals surface area contributed by atoms with E-state index in [1.165, 1.54) is 12.5 Å². The summed E-state index contributed by atoms with van der Waals surface area (Å²) in [6.07, 6.45) is 4.94. The summed E-state index contributed by atoms with van der Waals surface area (Å²) in [4.78, 5) is 14.2. The molecule has 24 heavy (non-hydrogen) atoms. The van der Waals surface area contributed by atoms with Gasteiger partial charge in [0, 0.05) is 30.3 Å². The standard InChI is InChI=1S/C19H19N3O2/c23-19(16-8-11-24-13-16)22-9-6-15(7-10-22)18-12-17(20-21-18)14-4-2-1-3-5-14/h1-5,8,11-13,15H,6-7,9-10H2,(H,20,21). The fourth-order valence-corrected chi connectivity index (χ4v) is 3.26. The molecule has 0 radical (unpaired) electrons. The number of carbonyl (C=O) groups is 1. The number of nitrogens with zero attached hydrogens (tertiary/aromatic N) is 2. The lowest BCUT2D eigenvalue weighted by atomic mass is 9.93. The Morgan fingerprint density at radius 2 is 1.96 bits per heavy atom. The van der Waals surface area contributed by atoms with Gasteiger partial charge >= 0.3 is 0 Å². The van der Waals surface area contributed by atoms with Gasteiger partial charge in [-0.2, -0.15) is 5.10 Å². The maximum absolute atomic E-state index is 12.3. The molecule has 1 aliphatic heterocycles. The maximum atomic E-state index is 12.3. The normalized spacial score (nSPS) is 15.6. The summed E-state index contributed by atoms with van der Waals surface area (Å²) >= 11 is 0. The summed E-state index contributed by atoms with van der Waals surface area (Å²) in [6, 6.07) is 14.0. The number of H-pyrrole nitrogens is 1. The van der Waals surface area contributed by atoms with E-state index >= 15 is 0 Å². The van der Waals surface area contributed by atoms with Crippen LogP contribution < -0.4 is 0 Å². The first kappa shape index (κ1) is 14.8. The second-order valence-corrected chi connectivity index (χ2v) is 6.15. The molecular weight excluding hydrogens is 302 g/mol. The molecule has 1 N–H and O–H groups in total. The van der Waals surface area contributed by atoms with Crippen molar-refractivity contribution in [1.82, 2.24) is 15.1 Å². The van der Waals surface area contributed by atoms with Crippen LogP contribution in [0.2, 0.25) is 0 Å². The Morgan fingerprint density at radius 3 is 2.67 bits per heavy atom. The van der Waals surface area contributed by atoms with Gasteiger partial charge in [-0.3, -0.25) is 9.89 Å². The minimum Gasteiger partial charge on any atom is -0.472 e. The van der Waals surface area contributed by atoms with Crippen molar-refractivity contribution in [3.8, 4) is 11.3 Å². The van der Waals surface area contributed by atoms with Crippen molar-refractivity contribution in [3.05, 3.63) is 66.2 Å². The minimum absolute atomic E-state index is 0.0526. The first-order chi connectivity index (χ1) is 11.8. The molecule has 0 bridgehead atoms. The van der Waals surface area contributed by atoms with E-state index in [4.69, 9.17) is 4.42 Å². The smallest absolute Gasteiger partial charge is 0.257 e. The van der Waals surface area contributed by atoms with Gasteiger partial charge in [-0.25, -0.2) is 0 Å². The Kier molecular flexibility index (Phi) is 3.91. The number of hydrogen-bond acceptors (Lipinski definition) is 3. The van der Waals surface area contributed by atoms with Gasteiger partial charge in [0.1, 0.15) is 6.26 Å². The summed E-state index contributed by atoms with van der Waals surface area (Å²) in [6.45, 7) is 1.52. The van der Waals surface area contributed by atoms with Crippen LogP contribution in [0.4, 0.5) is 0 Å². The van der Waals surface area contributed by atoms with Crippen molar-refractivity contribution < 1.29 is 9.21 Å². The van der Waals surface area contributed by atoms with Gasteiger partial charge < -0.3 is 9.32 Å². The fraction of sp³-hybridized carbons (Fsp3) is 0.263. The van der Waals surface area contributed by atoms with E-state index in [-0.39, 0.29) is 5.91 Å². The third-order valence-electron chi connectivity index (χ3n) is 4.66. The summed E-state index contributed by atoms with van der Waals surface area (Å²) in [7, 11) is 0. The van der Waals surface area contributed by atoms with Gasteiger partial charge in [0.2, 0.25) is 0 Å². The number of carbonyl (C=O) groups excluding carboxylic acids is 1. The Balaban J connectivity index is 1.41. The summed E-state index contributed by atoms with van der Waals surface area (Å²) in [5.74, 6) is 0.472. The van der Waals surface area contributed by atoms with E-state index in [9.17, 15) is 4.79 Å². The van der Waals surface area contributed by atoms with E-state index in [0.717, 1.165) is 42.9 Å². The molecule has 1 fully saturated rings. The lowest BCUT2D eigenvalue weighted by molar-refractivity contribution is 0.0711. The van der Waals surface area contributed by atoms with Crippen molar-refractivity contribution in [2.24, 2.45) is 0 Å². The van der Waals surface area contributed by atoms with Crippen molar-refractivity contribution in [3.63, 3.8) is 0 Å². The molecule has 0 spiro atoms. The molecule has 0 atom stereocenters. The number of hydrogen-bond donors (Lipinski definition) is 1. The highest BCUT2D eigenvalue weighted by Crippen LogP contribution is 2.29. The number of amides is 1.